The van der Waals surface area contributed by atoms with E-state index >= 15 is 0 Å². The maximum Gasteiger partial charge on any atom is 0.414 e. The fraction of sp³-hybridized carbons (Fsp3) is 0.333. The molecule has 0 heterocycles. The first-order valence-corrected chi connectivity index (χ1v) is 1.83. The fourth-order valence-electron chi connectivity index (χ4n) is 0. The number of carboxylic acids is 2. The van der Waals surface area contributed by atoms with Crippen LogP contribution in [0.15, 0.2) is 0 Å². The Morgan fingerprint density at radius 2 is 1.33 bits per heavy atom. The van der Waals surface area contributed by atoms with Crippen molar-refractivity contribution in [3.05, 3.63) is 0 Å². The van der Waals surface area contributed by atoms with Crippen LogP contribution in [0.3, 0.4) is 0 Å². The van der Waals surface area contributed by atoms with E-state index in [1.54, 1.807) is 5.48 Å². The third kappa shape index (κ3) is 19.8. The van der Waals surface area contributed by atoms with Crippen LogP contribution in [-0.2, 0) is 9.59 Å². The Morgan fingerprint density at radius 1 is 1.22 bits per heavy atom. The lowest BCUT2D eigenvalue weighted by atomic mass is 10.7. The smallest absolute Gasteiger partial charge is 0.414 e. The van der Waals surface area contributed by atoms with Gasteiger partial charge in [0.15, 0.2) is 0 Å². The van der Waals surface area contributed by atoms with Crippen LogP contribution >= 0.6 is 0 Å². The first-order valence-electron chi connectivity index (χ1n) is 1.83. The number of hydroxylamine groups is 1. The van der Waals surface area contributed by atoms with Gasteiger partial charge in [0.1, 0.15) is 0 Å². The molecule has 0 atom stereocenters. The quantitative estimate of drug-likeness (QED) is 0.245. The SMILES string of the molecule is CNO.O=C(O)C(=O)O. The maximum atomic E-state index is 9.10. The van der Waals surface area contributed by atoms with Crippen molar-refractivity contribution >= 4 is 11.9 Å². The Bertz CT molecular complexity index is 88.4. The van der Waals surface area contributed by atoms with Gasteiger partial charge >= 0.3 is 11.9 Å². The van der Waals surface area contributed by atoms with Crippen molar-refractivity contribution in [2.24, 2.45) is 0 Å². The minimum atomic E-state index is -1.82. The predicted molar refractivity (Wildman–Crippen MR) is 26.1 cm³/mol. The Kier molecular flexibility index (Phi) is 8.21. The molecule has 0 spiro atoms. The molecule has 0 aliphatic heterocycles. The van der Waals surface area contributed by atoms with Crippen molar-refractivity contribution in [3.63, 3.8) is 0 Å². The highest BCUT2D eigenvalue weighted by atomic mass is 16.5. The Labute approximate surface area is 50.7 Å². The molecule has 0 aromatic rings. The van der Waals surface area contributed by atoms with Crippen molar-refractivity contribution in [2.75, 3.05) is 7.05 Å². The van der Waals surface area contributed by atoms with E-state index in [2.05, 4.69) is 0 Å². The molecule has 0 bridgehead atoms. The molecular formula is C3H7NO5. The van der Waals surface area contributed by atoms with Crippen LogP contribution < -0.4 is 5.48 Å². The number of nitrogens with one attached hydrogen (secondary N) is 1. The van der Waals surface area contributed by atoms with Crippen LogP contribution in [0.2, 0.25) is 0 Å². The summed E-state index contributed by atoms with van der Waals surface area (Å²) in [6.45, 7) is 0. The van der Waals surface area contributed by atoms with E-state index in [1.165, 1.54) is 7.05 Å². The average molecular weight is 137 g/mol. The predicted octanol–water partition coefficient (Wildman–Crippen LogP) is -1.25. The fourth-order valence-corrected chi connectivity index (χ4v) is 0. The summed E-state index contributed by atoms with van der Waals surface area (Å²) in [5.74, 6) is -3.65. The standard InChI is InChI=1S/C2H2O4.CH5NO/c3-1(4)2(5)6;1-2-3/h(H,3,4)(H,5,6);2-3H,1H3. The summed E-state index contributed by atoms with van der Waals surface area (Å²) < 4.78 is 0. The van der Waals surface area contributed by atoms with Crippen molar-refractivity contribution in [1.82, 2.24) is 5.48 Å². The van der Waals surface area contributed by atoms with Crippen molar-refractivity contribution in [3.8, 4) is 0 Å². The zero-order valence-electron chi connectivity index (χ0n) is 4.66. The van der Waals surface area contributed by atoms with Crippen LogP contribution in [-0.4, -0.2) is 34.4 Å². The van der Waals surface area contributed by atoms with Gasteiger partial charge in [-0.2, -0.15) is 0 Å². The normalized spacial score (nSPS) is 6.89. The van der Waals surface area contributed by atoms with Crippen molar-refractivity contribution in [1.29, 1.82) is 0 Å². The van der Waals surface area contributed by atoms with E-state index in [4.69, 9.17) is 25.0 Å². The van der Waals surface area contributed by atoms with Crippen molar-refractivity contribution in [2.45, 2.75) is 0 Å². The van der Waals surface area contributed by atoms with E-state index < -0.39 is 11.9 Å². The van der Waals surface area contributed by atoms with Gasteiger partial charge in [0.2, 0.25) is 0 Å². The van der Waals surface area contributed by atoms with Gasteiger partial charge in [-0.1, -0.05) is 0 Å². The second kappa shape index (κ2) is 6.86. The molecule has 6 nitrogen and oxygen atoms in total. The largest absolute Gasteiger partial charge is 0.473 e. The molecule has 0 aromatic carbocycles. The van der Waals surface area contributed by atoms with E-state index in [1.807, 2.05) is 0 Å². The average Bonchev–Trinajstić information content (AvgIpc) is 1.68. The maximum absolute atomic E-state index is 9.10. The molecular weight excluding hydrogens is 130 g/mol. The molecule has 0 amide bonds. The monoisotopic (exact) mass is 137 g/mol. The summed E-state index contributed by atoms with van der Waals surface area (Å²) in [6, 6.07) is 0. The highest BCUT2D eigenvalue weighted by molar-refractivity contribution is 6.27. The van der Waals surface area contributed by atoms with Crippen LogP contribution in [0.1, 0.15) is 0 Å². The van der Waals surface area contributed by atoms with E-state index in [0.717, 1.165) is 0 Å². The molecule has 0 aliphatic rings. The van der Waals surface area contributed by atoms with Crippen LogP contribution in [0.25, 0.3) is 0 Å². The summed E-state index contributed by atoms with van der Waals surface area (Å²) in [7, 11) is 1.43. The molecule has 0 aliphatic carbocycles. The third-order valence-corrected chi connectivity index (χ3v) is 0.183. The zero-order chi connectivity index (χ0) is 7.86. The Balaban J connectivity index is 0. The van der Waals surface area contributed by atoms with Crippen LogP contribution in [0, 0.1) is 0 Å². The van der Waals surface area contributed by atoms with Gasteiger partial charge in [0.05, 0.1) is 0 Å². The number of hydrogen-bond acceptors (Lipinski definition) is 4. The van der Waals surface area contributed by atoms with Gasteiger partial charge in [0, 0.05) is 7.05 Å². The lowest BCUT2D eigenvalue weighted by molar-refractivity contribution is -0.159. The molecule has 4 N–H and O–H groups in total. The first kappa shape index (κ1) is 10.8. The van der Waals surface area contributed by atoms with Crippen LogP contribution in [0.5, 0.6) is 0 Å². The van der Waals surface area contributed by atoms with Gasteiger partial charge in [-0.05, 0) is 0 Å². The molecule has 0 unspecified atom stereocenters. The van der Waals surface area contributed by atoms with E-state index in [0.29, 0.717) is 0 Å². The van der Waals surface area contributed by atoms with Gasteiger partial charge in [-0.25, -0.2) is 15.1 Å². The summed E-state index contributed by atoms with van der Waals surface area (Å²) in [5, 5.41) is 22.1. The van der Waals surface area contributed by atoms with Crippen molar-refractivity contribution < 1.29 is 25.0 Å². The second-order valence-electron chi connectivity index (χ2n) is 0.834. The number of aliphatic carboxylic acids is 2. The second-order valence-corrected chi connectivity index (χ2v) is 0.834. The van der Waals surface area contributed by atoms with E-state index in [-0.39, 0.29) is 0 Å². The minimum absolute atomic E-state index is 1.43. The van der Waals surface area contributed by atoms with Gasteiger partial charge in [-0.3, -0.25) is 0 Å². The summed E-state index contributed by atoms with van der Waals surface area (Å²) in [4.78, 5) is 18.2. The molecule has 9 heavy (non-hydrogen) atoms. The lowest BCUT2D eigenvalue weighted by Crippen LogP contribution is -2.09. The molecule has 6 heteroatoms. The Morgan fingerprint density at radius 3 is 1.33 bits per heavy atom. The van der Waals surface area contributed by atoms with Gasteiger partial charge in [0.25, 0.3) is 0 Å². The first-order chi connectivity index (χ1) is 4.06. The lowest BCUT2D eigenvalue weighted by Gasteiger charge is -1.72. The number of carbonyl (C=O) groups is 2. The zero-order valence-corrected chi connectivity index (χ0v) is 4.66. The highest BCUT2D eigenvalue weighted by Gasteiger charge is 2.04. The molecule has 0 rings (SSSR count). The van der Waals surface area contributed by atoms with Gasteiger partial charge in [-0.15, -0.1) is 0 Å². The van der Waals surface area contributed by atoms with Crippen LogP contribution in [0.4, 0.5) is 0 Å². The Hall–Kier alpha value is -1.14. The minimum Gasteiger partial charge on any atom is -0.473 e. The summed E-state index contributed by atoms with van der Waals surface area (Å²) in [6.07, 6.45) is 0. The van der Waals surface area contributed by atoms with Gasteiger partial charge < -0.3 is 15.4 Å². The molecule has 0 radical (unpaired) electrons. The number of hydrogen-bond donors (Lipinski definition) is 4. The molecule has 0 fully saturated rings. The third-order valence-electron chi connectivity index (χ3n) is 0.183. The molecule has 0 saturated heterocycles. The molecule has 0 saturated carbocycles. The topological polar surface area (TPSA) is 107 Å². The number of rotatable bonds is 0. The summed E-state index contributed by atoms with van der Waals surface area (Å²) >= 11 is 0. The highest BCUT2D eigenvalue weighted by Crippen LogP contribution is 1.56. The summed E-state index contributed by atoms with van der Waals surface area (Å²) in [5.41, 5.74) is 1.75. The number of carboxylic acid groups (broad SMARTS) is 2. The molecule has 54 valence electrons. The van der Waals surface area contributed by atoms with E-state index in [9.17, 15) is 0 Å². The molecule has 0 aromatic heterocycles.